The number of ether oxygens (including phenoxy) is 1. The molecule has 2 fully saturated rings. The van der Waals surface area contributed by atoms with Gasteiger partial charge in [0.25, 0.3) is 0 Å². The third-order valence-electron chi connectivity index (χ3n) is 6.46. The minimum absolute atomic E-state index is 0.0162. The summed E-state index contributed by atoms with van der Waals surface area (Å²) < 4.78 is 45.7. The molecule has 2 aromatic rings. The van der Waals surface area contributed by atoms with Gasteiger partial charge in [-0.1, -0.05) is 18.5 Å². The number of amides is 1. The first-order chi connectivity index (χ1) is 16.2. The number of carbonyl (C=O) groups excluding carboxylic acids is 1. The first-order valence-corrected chi connectivity index (χ1v) is 13.4. The summed E-state index contributed by atoms with van der Waals surface area (Å²) >= 11 is 6.39. The molecule has 2 N–H and O–H groups in total. The maximum absolute atomic E-state index is 13.2. The highest BCUT2D eigenvalue weighted by atomic mass is 35.5. The molecule has 0 unspecified atom stereocenters. The number of aromatic amines is 1. The minimum Gasteiger partial charge on any atom is -0.381 e. The van der Waals surface area contributed by atoms with Crippen molar-refractivity contribution in [3.05, 3.63) is 35.0 Å². The van der Waals surface area contributed by atoms with E-state index in [4.69, 9.17) is 16.3 Å². The average molecular weight is 514 g/mol. The molecule has 2 aliphatic heterocycles. The lowest BCUT2D eigenvalue weighted by Gasteiger charge is -2.35. The van der Waals surface area contributed by atoms with Gasteiger partial charge in [0.2, 0.25) is 15.9 Å². The van der Waals surface area contributed by atoms with Crippen molar-refractivity contribution in [2.75, 3.05) is 32.1 Å². The van der Waals surface area contributed by atoms with Gasteiger partial charge in [-0.25, -0.2) is 27.1 Å². The normalized spacial score (nSPS) is 22.6. The van der Waals surface area contributed by atoms with Crippen molar-refractivity contribution in [2.24, 2.45) is 5.92 Å². The Morgan fingerprint density at radius 3 is 2.76 bits per heavy atom. The first-order valence-electron chi connectivity index (χ1n) is 11.4. The number of sulfonamides is 1. The Bertz CT molecular complexity index is 1100. The Labute approximate surface area is 203 Å². The van der Waals surface area contributed by atoms with Crippen molar-refractivity contribution in [1.29, 1.82) is 0 Å². The van der Waals surface area contributed by atoms with E-state index in [1.807, 2.05) is 6.92 Å². The molecule has 2 saturated heterocycles. The van der Waals surface area contributed by atoms with Crippen molar-refractivity contribution in [3.8, 4) is 11.5 Å². The Morgan fingerprint density at radius 1 is 1.32 bits per heavy atom. The fraction of sp³-hybridized carbons (Fsp3) is 0.591. The zero-order valence-electron chi connectivity index (χ0n) is 19.0. The minimum atomic E-state index is -3.57. The lowest BCUT2D eigenvalue weighted by molar-refractivity contribution is -0.122. The van der Waals surface area contributed by atoms with Gasteiger partial charge in [0.15, 0.2) is 11.0 Å². The van der Waals surface area contributed by atoms with Crippen LogP contribution in [0.1, 0.15) is 44.2 Å². The first kappa shape index (κ1) is 25.0. The van der Waals surface area contributed by atoms with E-state index in [2.05, 4.69) is 20.3 Å². The van der Waals surface area contributed by atoms with Crippen molar-refractivity contribution in [3.63, 3.8) is 0 Å². The fourth-order valence-corrected chi connectivity index (χ4v) is 6.35. The van der Waals surface area contributed by atoms with Gasteiger partial charge in [0.05, 0.1) is 17.6 Å². The molecule has 0 spiro atoms. The molecule has 2 aliphatic rings. The molecule has 4 rings (SSSR count). The standard InChI is InChI=1S/C22H29ClFN5O4S/c1-14-13-29(34(31,32)11-7-19(30)26-16-5-9-33-10-6-16)8-4-17(14)20-21(23)28-22(27-20)18-3-2-15(24)12-25-18/h2-3,12,14,16-17H,4-11,13H2,1H3,(H,26,30)(H,27,28)/t14-,17+/m0/s1. The van der Waals surface area contributed by atoms with E-state index in [1.165, 1.54) is 16.4 Å². The highest BCUT2D eigenvalue weighted by Crippen LogP contribution is 2.37. The van der Waals surface area contributed by atoms with Crippen molar-refractivity contribution < 1.29 is 22.3 Å². The quantitative estimate of drug-likeness (QED) is 0.588. The van der Waals surface area contributed by atoms with E-state index in [0.29, 0.717) is 49.4 Å². The second-order valence-electron chi connectivity index (χ2n) is 8.90. The summed E-state index contributed by atoms with van der Waals surface area (Å²) in [5.41, 5.74) is 1.20. The summed E-state index contributed by atoms with van der Waals surface area (Å²) in [5, 5.41) is 3.21. The van der Waals surface area contributed by atoms with Crippen LogP contribution in [0.15, 0.2) is 18.3 Å². The topological polar surface area (TPSA) is 117 Å². The van der Waals surface area contributed by atoms with Crippen LogP contribution in [-0.4, -0.2) is 71.7 Å². The summed E-state index contributed by atoms with van der Waals surface area (Å²) in [4.78, 5) is 23.8. The zero-order chi connectivity index (χ0) is 24.3. The third-order valence-corrected chi connectivity index (χ3v) is 8.59. The molecular weight excluding hydrogens is 485 g/mol. The molecule has 0 aliphatic carbocycles. The Hall–Kier alpha value is -2.08. The molecule has 1 amide bonds. The van der Waals surface area contributed by atoms with Crippen molar-refractivity contribution in [1.82, 2.24) is 24.6 Å². The molecule has 2 atom stereocenters. The van der Waals surface area contributed by atoms with E-state index < -0.39 is 15.8 Å². The number of H-pyrrole nitrogens is 1. The number of imidazole rings is 1. The second-order valence-corrected chi connectivity index (χ2v) is 11.3. The molecule has 0 radical (unpaired) electrons. The summed E-state index contributed by atoms with van der Waals surface area (Å²) in [5.74, 6) is -0.499. The fourth-order valence-electron chi connectivity index (χ4n) is 4.53. The van der Waals surface area contributed by atoms with Crippen LogP contribution in [0.4, 0.5) is 4.39 Å². The highest BCUT2D eigenvalue weighted by molar-refractivity contribution is 7.89. The van der Waals surface area contributed by atoms with Crippen LogP contribution < -0.4 is 5.32 Å². The molecule has 0 bridgehead atoms. The lowest BCUT2D eigenvalue weighted by atomic mass is 9.86. The third kappa shape index (κ3) is 5.94. The Morgan fingerprint density at radius 2 is 2.09 bits per heavy atom. The van der Waals surface area contributed by atoms with Gasteiger partial charge in [0.1, 0.15) is 11.5 Å². The van der Waals surface area contributed by atoms with Gasteiger partial charge in [-0.15, -0.1) is 0 Å². The number of carbonyl (C=O) groups is 1. The number of halogens is 2. The maximum atomic E-state index is 13.2. The lowest BCUT2D eigenvalue weighted by Crippen LogP contribution is -2.44. The predicted molar refractivity (Wildman–Crippen MR) is 125 cm³/mol. The van der Waals surface area contributed by atoms with Crippen LogP contribution in [0.25, 0.3) is 11.5 Å². The van der Waals surface area contributed by atoms with Crippen molar-refractivity contribution in [2.45, 2.75) is 44.6 Å². The summed E-state index contributed by atoms with van der Waals surface area (Å²) in [7, 11) is -3.57. The smallest absolute Gasteiger partial charge is 0.221 e. The van der Waals surface area contributed by atoms with E-state index in [9.17, 15) is 17.6 Å². The van der Waals surface area contributed by atoms with Crippen LogP contribution in [0.3, 0.4) is 0 Å². The zero-order valence-corrected chi connectivity index (χ0v) is 20.5. The van der Waals surface area contributed by atoms with E-state index in [-0.39, 0.29) is 36.0 Å². The van der Waals surface area contributed by atoms with Crippen LogP contribution in [-0.2, 0) is 19.6 Å². The number of aromatic nitrogens is 3. The monoisotopic (exact) mass is 513 g/mol. The maximum Gasteiger partial charge on any atom is 0.221 e. The van der Waals surface area contributed by atoms with Gasteiger partial charge >= 0.3 is 0 Å². The van der Waals surface area contributed by atoms with Gasteiger partial charge in [-0.2, -0.15) is 0 Å². The molecule has 34 heavy (non-hydrogen) atoms. The molecule has 12 heteroatoms. The number of hydrogen-bond donors (Lipinski definition) is 2. The number of hydrogen-bond acceptors (Lipinski definition) is 6. The second kappa shape index (κ2) is 10.7. The largest absolute Gasteiger partial charge is 0.381 e. The Kier molecular flexibility index (Phi) is 7.86. The molecule has 0 aromatic carbocycles. The number of nitrogens with zero attached hydrogens (tertiary/aromatic N) is 3. The van der Waals surface area contributed by atoms with Crippen LogP contribution in [0.5, 0.6) is 0 Å². The molecular formula is C22H29ClFN5O4S. The predicted octanol–water partition coefficient (Wildman–Crippen LogP) is 2.70. The van der Waals surface area contributed by atoms with Gasteiger partial charge in [-0.05, 0) is 37.3 Å². The van der Waals surface area contributed by atoms with Crippen LogP contribution in [0, 0.1) is 11.7 Å². The molecule has 0 saturated carbocycles. The summed E-state index contributed by atoms with van der Waals surface area (Å²) in [6.45, 7) is 3.85. The van der Waals surface area contributed by atoms with Gasteiger partial charge in [-0.3, -0.25) is 4.79 Å². The molecule has 2 aromatic heterocycles. The van der Waals surface area contributed by atoms with E-state index in [0.717, 1.165) is 24.7 Å². The van der Waals surface area contributed by atoms with E-state index in [1.54, 1.807) is 0 Å². The summed E-state index contributed by atoms with van der Waals surface area (Å²) in [6, 6.07) is 2.87. The van der Waals surface area contributed by atoms with Crippen LogP contribution >= 0.6 is 11.6 Å². The highest BCUT2D eigenvalue weighted by Gasteiger charge is 2.35. The summed E-state index contributed by atoms with van der Waals surface area (Å²) in [6.07, 6.45) is 3.11. The number of nitrogens with one attached hydrogen (secondary N) is 2. The van der Waals surface area contributed by atoms with Gasteiger partial charge < -0.3 is 15.0 Å². The number of piperidine rings is 1. The van der Waals surface area contributed by atoms with Gasteiger partial charge in [0, 0.05) is 44.7 Å². The molecule has 186 valence electrons. The number of pyridine rings is 1. The molecule has 4 heterocycles. The SMILES string of the molecule is C[C@H]1CN(S(=O)(=O)CCC(=O)NC2CCOCC2)CC[C@H]1c1[nH]c(-c2ccc(F)cn2)nc1Cl. The van der Waals surface area contributed by atoms with E-state index >= 15 is 0 Å². The Balaban J connectivity index is 1.34. The average Bonchev–Trinajstić information content (AvgIpc) is 3.20. The number of rotatable bonds is 7. The van der Waals surface area contributed by atoms with Crippen molar-refractivity contribution >= 4 is 27.5 Å². The molecule has 9 nitrogen and oxygen atoms in total. The van der Waals surface area contributed by atoms with Crippen LogP contribution in [0.2, 0.25) is 5.15 Å².